The first-order valence-corrected chi connectivity index (χ1v) is 11.8. The van der Waals surface area contributed by atoms with E-state index in [0.717, 1.165) is 54.7 Å². The molecule has 2 aromatic rings. The summed E-state index contributed by atoms with van der Waals surface area (Å²) in [6, 6.07) is 4.48. The number of benzene rings is 1. The number of aromatic nitrogens is 1. The molecule has 0 amide bonds. The predicted octanol–water partition coefficient (Wildman–Crippen LogP) is 5.06. The quantitative estimate of drug-likeness (QED) is 0.287. The smallest absolute Gasteiger partial charge is 0.191 e. The lowest BCUT2D eigenvalue weighted by Crippen LogP contribution is -2.48. The maximum Gasteiger partial charge on any atom is 0.191 e. The van der Waals surface area contributed by atoms with E-state index in [-0.39, 0.29) is 29.4 Å². The van der Waals surface area contributed by atoms with Crippen LogP contribution in [0.1, 0.15) is 56.8 Å². The summed E-state index contributed by atoms with van der Waals surface area (Å²) < 4.78 is 26.6. The van der Waals surface area contributed by atoms with Crippen LogP contribution in [0, 0.1) is 11.6 Å². The Bertz CT molecular complexity index is 889. The Hall–Kier alpha value is -1.33. The van der Waals surface area contributed by atoms with Crippen molar-refractivity contribution in [1.29, 1.82) is 0 Å². The first kappa shape index (κ1) is 26.9. The molecule has 1 aliphatic heterocycles. The highest BCUT2D eigenvalue weighted by Gasteiger charge is 2.21. The van der Waals surface area contributed by atoms with Gasteiger partial charge in [0.05, 0.1) is 12.2 Å². The number of aliphatic imine (C=N–C) groups is 1. The van der Waals surface area contributed by atoms with Gasteiger partial charge in [0.25, 0.3) is 0 Å². The van der Waals surface area contributed by atoms with Gasteiger partial charge in [-0.15, -0.1) is 35.3 Å². The summed E-state index contributed by atoms with van der Waals surface area (Å²) in [5.74, 6) is -0.765. The van der Waals surface area contributed by atoms with Crippen LogP contribution in [0.5, 0.6) is 0 Å². The van der Waals surface area contributed by atoms with Crippen molar-refractivity contribution in [2.75, 3.05) is 19.6 Å². The lowest BCUT2D eigenvalue weighted by molar-refractivity contribution is 0.198. The second-order valence-corrected chi connectivity index (χ2v) is 9.96. The van der Waals surface area contributed by atoms with Crippen molar-refractivity contribution in [2.24, 2.45) is 4.99 Å². The molecule has 2 N–H and O–H groups in total. The molecule has 1 aliphatic rings. The average molecular weight is 578 g/mol. The van der Waals surface area contributed by atoms with Gasteiger partial charge in [-0.3, -0.25) is 4.90 Å². The summed E-state index contributed by atoms with van der Waals surface area (Å²) in [7, 11) is 0. The van der Waals surface area contributed by atoms with Crippen molar-refractivity contribution in [2.45, 2.75) is 65.1 Å². The lowest BCUT2D eigenvalue weighted by Gasteiger charge is -2.33. The molecule has 0 unspecified atom stereocenters. The molecule has 1 aromatic carbocycles. The van der Waals surface area contributed by atoms with Gasteiger partial charge in [-0.05, 0) is 37.5 Å². The topological polar surface area (TPSA) is 52.6 Å². The van der Waals surface area contributed by atoms with E-state index >= 15 is 0 Å². The van der Waals surface area contributed by atoms with E-state index in [1.807, 2.05) is 0 Å². The number of hydrogen-bond acceptors (Lipinski definition) is 4. The van der Waals surface area contributed by atoms with E-state index < -0.39 is 11.6 Å². The van der Waals surface area contributed by atoms with E-state index in [2.05, 4.69) is 48.6 Å². The molecule has 0 atom stereocenters. The van der Waals surface area contributed by atoms with Crippen LogP contribution >= 0.6 is 35.3 Å². The maximum absolute atomic E-state index is 13.4. The molecular weight excluding hydrogens is 543 g/mol. The highest BCUT2D eigenvalue weighted by molar-refractivity contribution is 14.0. The molecule has 2 heterocycles. The Morgan fingerprint density at radius 2 is 1.94 bits per heavy atom. The van der Waals surface area contributed by atoms with Gasteiger partial charge in [0.15, 0.2) is 17.6 Å². The molecule has 0 bridgehead atoms. The fourth-order valence-corrected chi connectivity index (χ4v) is 4.46. The Morgan fingerprint density at radius 3 is 2.53 bits per heavy atom. The van der Waals surface area contributed by atoms with Gasteiger partial charge in [0, 0.05) is 43.0 Å². The SMILES string of the molecule is CCNC(=NCc1nc(C(C)(C)C)cs1)NC1CCN(Cc2ccc(F)c(F)c2)CC1.I. The van der Waals surface area contributed by atoms with Crippen LogP contribution in [0.25, 0.3) is 0 Å². The molecule has 5 nitrogen and oxygen atoms in total. The molecule has 0 saturated carbocycles. The van der Waals surface area contributed by atoms with Crippen LogP contribution in [0.3, 0.4) is 0 Å². The zero-order chi connectivity index (χ0) is 22.4. The van der Waals surface area contributed by atoms with Crippen molar-refractivity contribution in [3.8, 4) is 0 Å². The van der Waals surface area contributed by atoms with Crippen LogP contribution in [-0.4, -0.2) is 41.5 Å². The van der Waals surface area contributed by atoms with Crippen LogP contribution in [0.4, 0.5) is 8.78 Å². The van der Waals surface area contributed by atoms with Crippen LogP contribution in [0.2, 0.25) is 0 Å². The first-order chi connectivity index (χ1) is 14.7. The van der Waals surface area contributed by atoms with Crippen LogP contribution < -0.4 is 10.6 Å². The fraction of sp³-hybridized carbons (Fsp3) is 0.565. The molecular formula is C23H34F2IN5S. The van der Waals surface area contributed by atoms with Crippen molar-refractivity contribution in [3.05, 3.63) is 51.5 Å². The third-order valence-corrected chi connectivity index (χ3v) is 6.19. The summed E-state index contributed by atoms with van der Waals surface area (Å²) >= 11 is 1.65. The van der Waals surface area contributed by atoms with E-state index in [1.54, 1.807) is 17.4 Å². The van der Waals surface area contributed by atoms with Crippen LogP contribution in [0.15, 0.2) is 28.6 Å². The summed E-state index contributed by atoms with van der Waals surface area (Å²) in [6.07, 6.45) is 1.94. The van der Waals surface area contributed by atoms with E-state index in [0.29, 0.717) is 19.1 Å². The zero-order valence-electron chi connectivity index (χ0n) is 19.3. The van der Waals surface area contributed by atoms with Crippen molar-refractivity contribution >= 4 is 41.3 Å². The van der Waals surface area contributed by atoms with Gasteiger partial charge in [-0.1, -0.05) is 26.8 Å². The van der Waals surface area contributed by atoms with Gasteiger partial charge < -0.3 is 10.6 Å². The molecule has 9 heteroatoms. The van der Waals surface area contributed by atoms with Gasteiger partial charge in [-0.2, -0.15) is 0 Å². The Morgan fingerprint density at radius 1 is 1.22 bits per heavy atom. The van der Waals surface area contributed by atoms with Crippen molar-refractivity contribution < 1.29 is 8.78 Å². The minimum absolute atomic E-state index is 0. The summed E-state index contributed by atoms with van der Waals surface area (Å²) in [4.78, 5) is 11.7. The minimum atomic E-state index is -0.797. The Labute approximate surface area is 211 Å². The molecule has 3 rings (SSSR count). The summed E-state index contributed by atoms with van der Waals surface area (Å²) in [5, 5.41) is 10.0. The third-order valence-electron chi connectivity index (χ3n) is 5.36. The van der Waals surface area contributed by atoms with E-state index in [4.69, 9.17) is 9.98 Å². The van der Waals surface area contributed by atoms with Crippen molar-refractivity contribution in [3.63, 3.8) is 0 Å². The minimum Gasteiger partial charge on any atom is -0.357 e. The van der Waals surface area contributed by atoms with E-state index in [9.17, 15) is 8.78 Å². The summed E-state index contributed by atoms with van der Waals surface area (Å²) in [5.41, 5.74) is 1.96. The number of likely N-dealkylation sites (tertiary alicyclic amines) is 1. The second kappa shape index (κ2) is 12.2. The molecule has 32 heavy (non-hydrogen) atoms. The van der Waals surface area contributed by atoms with Gasteiger partial charge >= 0.3 is 0 Å². The number of guanidine groups is 1. The monoisotopic (exact) mass is 577 g/mol. The van der Waals surface area contributed by atoms with Gasteiger partial charge in [0.1, 0.15) is 5.01 Å². The van der Waals surface area contributed by atoms with E-state index in [1.165, 1.54) is 12.1 Å². The lowest BCUT2D eigenvalue weighted by atomic mass is 9.93. The molecule has 178 valence electrons. The number of piperidine rings is 1. The molecule has 1 fully saturated rings. The van der Waals surface area contributed by atoms with Crippen molar-refractivity contribution in [1.82, 2.24) is 20.5 Å². The molecule has 0 radical (unpaired) electrons. The van der Waals surface area contributed by atoms with Gasteiger partial charge in [-0.25, -0.2) is 18.8 Å². The van der Waals surface area contributed by atoms with Gasteiger partial charge in [0.2, 0.25) is 0 Å². The number of thiazole rings is 1. The standard InChI is InChI=1S/C23H33F2N5S.HI/c1-5-26-22(27-13-21-29-20(15-31-21)23(2,3)4)28-17-8-10-30(11-9-17)14-16-6-7-18(24)19(25)12-16;/h6-7,12,15,17H,5,8-11,13-14H2,1-4H3,(H2,26,27,28);1H. The molecule has 1 saturated heterocycles. The fourth-order valence-electron chi connectivity index (χ4n) is 3.52. The second-order valence-electron chi connectivity index (χ2n) is 9.01. The zero-order valence-corrected chi connectivity index (χ0v) is 22.4. The molecule has 0 spiro atoms. The predicted molar refractivity (Wildman–Crippen MR) is 139 cm³/mol. The highest BCUT2D eigenvalue weighted by Crippen LogP contribution is 2.24. The first-order valence-electron chi connectivity index (χ1n) is 10.9. The highest BCUT2D eigenvalue weighted by atomic mass is 127. The normalized spacial score (nSPS) is 16.0. The Kier molecular flexibility index (Phi) is 10.3. The molecule has 1 aromatic heterocycles. The number of nitrogens with zero attached hydrogens (tertiary/aromatic N) is 3. The molecule has 0 aliphatic carbocycles. The summed E-state index contributed by atoms with van der Waals surface area (Å²) in [6.45, 7) is 12.4. The number of halogens is 3. The average Bonchev–Trinajstić information content (AvgIpc) is 3.20. The third kappa shape index (κ3) is 7.91. The van der Waals surface area contributed by atoms with Crippen LogP contribution in [-0.2, 0) is 18.5 Å². The number of nitrogens with one attached hydrogen (secondary N) is 2. The number of rotatable bonds is 6. The number of hydrogen-bond donors (Lipinski definition) is 2. The largest absolute Gasteiger partial charge is 0.357 e. The maximum atomic E-state index is 13.4. The Balaban J connectivity index is 0.00000363.